The Morgan fingerprint density at radius 2 is 1.60 bits per heavy atom. The van der Waals surface area contributed by atoms with E-state index in [2.05, 4.69) is 52.8 Å². The van der Waals surface area contributed by atoms with Gasteiger partial charge in [-0.05, 0) is 50.1 Å². The Morgan fingerprint density at radius 3 is 2.27 bits per heavy atom. The summed E-state index contributed by atoms with van der Waals surface area (Å²) in [6, 6.07) is 18.0. The molecular formula is C24H25N5O. The first-order valence-electron chi connectivity index (χ1n) is 9.95. The summed E-state index contributed by atoms with van der Waals surface area (Å²) < 4.78 is 3.78. The fourth-order valence-electron chi connectivity index (χ4n) is 3.37. The van der Waals surface area contributed by atoms with Crippen molar-refractivity contribution in [2.24, 2.45) is 0 Å². The maximum Gasteiger partial charge on any atom is 0.255 e. The lowest BCUT2D eigenvalue weighted by molar-refractivity contribution is 0.102. The Balaban J connectivity index is 1.37. The number of aryl methyl sites for hydroxylation is 3. The maximum absolute atomic E-state index is 12.6. The van der Waals surface area contributed by atoms with Crippen molar-refractivity contribution >= 4 is 11.6 Å². The van der Waals surface area contributed by atoms with Crippen molar-refractivity contribution in [2.75, 3.05) is 5.32 Å². The number of anilines is 1. The van der Waals surface area contributed by atoms with Gasteiger partial charge in [0.25, 0.3) is 5.91 Å². The number of rotatable bonds is 6. The van der Waals surface area contributed by atoms with Gasteiger partial charge >= 0.3 is 0 Å². The van der Waals surface area contributed by atoms with Crippen LogP contribution in [-0.4, -0.2) is 25.5 Å². The number of carbonyl (C=O) groups is 1. The highest BCUT2D eigenvalue weighted by atomic mass is 16.1. The van der Waals surface area contributed by atoms with E-state index in [4.69, 9.17) is 0 Å². The molecular weight excluding hydrogens is 374 g/mol. The summed E-state index contributed by atoms with van der Waals surface area (Å²) in [5.74, 6) is -0.150. The van der Waals surface area contributed by atoms with E-state index in [1.807, 2.05) is 53.7 Å². The number of hydrogen-bond donors (Lipinski definition) is 1. The molecule has 0 aliphatic heterocycles. The summed E-state index contributed by atoms with van der Waals surface area (Å²) in [5.41, 5.74) is 6.91. The zero-order valence-electron chi connectivity index (χ0n) is 17.5. The van der Waals surface area contributed by atoms with Crippen molar-refractivity contribution in [1.82, 2.24) is 19.6 Å². The Hall–Kier alpha value is -3.67. The van der Waals surface area contributed by atoms with Gasteiger partial charge in [-0.3, -0.25) is 14.2 Å². The third kappa shape index (κ3) is 4.66. The van der Waals surface area contributed by atoms with E-state index in [0.717, 1.165) is 17.0 Å². The molecule has 0 fully saturated rings. The largest absolute Gasteiger partial charge is 0.319 e. The first-order valence-corrected chi connectivity index (χ1v) is 9.95. The third-order valence-corrected chi connectivity index (χ3v) is 5.01. The van der Waals surface area contributed by atoms with E-state index < -0.39 is 0 Å². The molecule has 1 amide bonds. The van der Waals surface area contributed by atoms with Crippen LogP contribution in [0.2, 0.25) is 0 Å². The summed E-state index contributed by atoms with van der Waals surface area (Å²) in [5, 5.41) is 11.7. The molecule has 0 saturated heterocycles. The van der Waals surface area contributed by atoms with E-state index in [1.165, 1.54) is 11.1 Å². The third-order valence-electron chi connectivity index (χ3n) is 5.01. The molecule has 0 aliphatic carbocycles. The lowest BCUT2D eigenvalue weighted by atomic mass is 10.1. The first kappa shape index (κ1) is 19.6. The van der Waals surface area contributed by atoms with E-state index in [9.17, 15) is 4.79 Å². The molecule has 1 N–H and O–H groups in total. The van der Waals surface area contributed by atoms with E-state index in [-0.39, 0.29) is 5.91 Å². The second-order valence-corrected chi connectivity index (χ2v) is 7.65. The number of amides is 1. The molecule has 2 aromatic heterocycles. The van der Waals surface area contributed by atoms with E-state index in [0.29, 0.717) is 24.3 Å². The van der Waals surface area contributed by atoms with Gasteiger partial charge in [0.05, 0.1) is 30.7 Å². The second-order valence-electron chi connectivity index (χ2n) is 7.65. The zero-order valence-corrected chi connectivity index (χ0v) is 17.5. The van der Waals surface area contributed by atoms with Crippen molar-refractivity contribution in [1.29, 1.82) is 0 Å². The van der Waals surface area contributed by atoms with Gasteiger partial charge in [0.2, 0.25) is 0 Å². The van der Waals surface area contributed by atoms with Crippen LogP contribution >= 0.6 is 0 Å². The van der Waals surface area contributed by atoms with Crippen LogP contribution in [-0.2, 0) is 13.1 Å². The fourth-order valence-corrected chi connectivity index (χ4v) is 3.37. The molecule has 0 bridgehead atoms. The summed E-state index contributed by atoms with van der Waals surface area (Å²) in [4.78, 5) is 12.6. The van der Waals surface area contributed by atoms with Crippen LogP contribution in [0, 0.1) is 20.8 Å². The highest BCUT2D eigenvalue weighted by molar-refractivity contribution is 6.04. The van der Waals surface area contributed by atoms with Crippen LogP contribution < -0.4 is 5.32 Å². The first-order chi connectivity index (χ1) is 14.5. The molecule has 0 spiro atoms. The molecule has 6 nitrogen and oxygen atoms in total. The van der Waals surface area contributed by atoms with Gasteiger partial charge in [-0.2, -0.15) is 10.2 Å². The molecule has 6 heteroatoms. The van der Waals surface area contributed by atoms with Crippen LogP contribution in [0.3, 0.4) is 0 Å². The minimum absolute atomic E-state index is 0.150. The predicted molar refractivity (Wildman–Crippen MR) is 118 cm³/mol. The smallest absolute Gasteiger partial charge is 0.255 e. The summed E-state index contributed by atoms with van der Waals surface area (Å²) in [7, 11) is 0. The molecule has 30 heavy (non-hydrogen) atoms. The van der Waals surface area contributed by atoms with Gasteiger partial charge in [0.1, 0.15) is 0 Å². The van der Waals surface area contributed by atoms with Gasteiger partial charge in [-0.1, -0.05) is 42.0 Å². The maximum atomic E-state index is 12.6. The average Bonchev–Trinajstić information content (AvgIpc) is 3.29. The molecule has 0 atom stereocenters. The van der Waals surface area contributed by atoms with Crippen molar-refractivity contribution in [3.05, 3.63) is 101 Å². The topological polar surface area (TPSA) is 64.7 Å². The van der Waals surface area contributed by atoms with Gasteiger partial charge < -0.3 is 5.32 Å². The van der Waals surface area contributed by atoms with Gasteiger partial charge in [0, 0.05) is 17.5 Å². The molecule has 0 unspecified atom stereocenters. The van der Waals surface area contributed by atoms with Crippen LogP contribution in [0.1, 0.15) is 38.4 Å². The molecule has 2 heterocycles. The van der Waals surface area contributed by atoms with Crippen molar-refractivity contribution in [3.8, 4) is 0 Å². The predicted octanol–water partition coefficient (Wildman–Crippen LogP) is 4.35. The molecule has 0 radical (unpaired) electrons. The molecule has 4 rings (SSSR count). The summed E-state index contributed by atoms with van der Waals surface area (Å²) in [6.45, 7) is 7.45. The number of carbonyl (C=O) groups excluding carboxylic acids is 1. The molecule has 152 valence electrons. The normalized spacial score (nSPS) is 10.9. The number of aromatic nitrogens is 4. The molecule has 4 aromatic rings. The number of hydrogen-bond acceptors (Lipinski definition) is 3. The van der Waals surface area contributed by atoms with E-state index >= 15 is 0 Å². The second kappa shape index (κ2) is 8.37. The van der Waals surface area contributed by atoms with Gasteiger partial charge in [-0.15, -0.1) is 0 Å². The van der Waals surface area contributed by atoms with Crippen molar-refractivity contribution in [3.63, 3.8) is 0 Å². The zero-order chi connectivity index (χ0) is 21.1. The lowest BCUT2D eigenvalue weighted by Crippen LogP contribution is -2.12. The van der Waals surface area contributed by atoms with Crippen molar-refractivity contribution < 1.29 is 4.79 Å². The minimum Gasteiger partial charge on any atom is -0.319 e. The highest BCUT2D eigenvalue weighted by Crippen LogP contribution is 2.13. The lowest BCUT2D eigenvalue weighted by Gasteiger charge is -2.07. The van der Waals surface area contributed by atoms with Crippen molar-refractivity contribution in [2.45, 2.75) is 33.9 Å². The molecule has 2 aromatic carbocycles. The molecule has 0 saturated carbocycles. The Kier molecular flexibility index (Phi) is 5.48. The van der Waals surface area contributed by atoms with Gasteiger partial charge in [-0.25, -0.2) is 0 Å². The monoisotopic (exact) mass is 399 g/mol. The SMILES string of the molecule is Cc1ccc(Cn2cc(NC(=O)c3ccc(Cn4nc(C)cc4C)cc3)cn2)cc1. The Labute approximate surface area is 176 Å². The Bertz CT molecular complexity index is 1150. The van der Waals surface area contributed by atoms with Crippen LogP contribution in [0.15, 0.2) is 67.0 Å². The minimum atomic E-state index is -0.150. The number of nitrogens with zero attached hydrogens (tertiary/aromatic N) is 4. The summed E-state index contributed by atoms with van der Waals surface area (Å²) >= 11 is 0. The highest BCUT2D eigenvalue weighted by Gasteiger charge is 2.09. The average molecular weight is 399 g/mol. The van der Waals surface area contributed by atoms with Crippen LogP contribution in [0.4, 0.5) is 5.69 Å². The summed E-state index contributed by atoms with van der Waals surface area (Å²) in [6.07, 6.45) is 3.51. The Morgan fingerprint density at radius 1 is 0.933 bits per heavy atom. The quantitative estimate of drug-likeness (QED) is 0.524. The van der Waals surface area contributed by atoms with Crippen LogP contribution in [0.5, 0.6) is 0 Å². The fraction of sp³-hybridized carbons (Fsp3) is 0.208. The standard InChI is InChI=1S/C24H25N5O/c1-17-4-6-20(7-5-17)14-28-16-23(13-25-28)26-24(30)22-10-8-21(9-11-22)15-29-19(3)12-18(2)27-29/h4-13,16H,14-15H2,1-3H3,(H,26,30). The van der Waals surface area contributed by atoms with E-state index in [1.54, 1.807) is 6.20 Å². The molecule has 0 aliphatic rings. The van der Waals surface area contributed by atoms with Gasteiger partial charge in [0.15, 0.2) is 0 Å². The van der Waals surface area contributed by atoms with Crippen LogP contribution in [0.25, 0.3) is 0 Å². The number of benzene rings is 2. The number of nitrogens with one attached hydrogen (secondary N) is 1.